The van der Waals surface area contributed by atoms with Crippen LogP contribution in [0, 0.1) is 17.0 Å². The van der Waals surface area contributed by atoms with Gasteiger partial charge in [0, 0.05) is 18.7 Å². The van der Waals surface area contributed by atoms with Crippen molar-refractivity contribution in [1.82, 2.24) is 14.8 Å². The largest absolute Gasteiger partial charge is 0.309 e. The van der Waals surface area contributed by atoms with Crippen LogP contribution >= 0.6 is 11.8 Å². The molecule has 0 spiro atoms. The molecule has 104 valence electrons. The fraction of sp³-hybridized carbons (Fsp3) is 0.250. The molecule has 2 aromatic rings. The second-order valence-electron chi connectivity index (χ2n) is 4.19. The molecule has 0 aliphatic heterocycles. The van der Waals surface area contributed by atoms with Gasteiger partial charge in [-0.2, -0.15) is 0 Å². The molecule has 1 heterocycles. The van der Waals surface area contributed by atoms with Crippen LogP contribution in [0.25, 0.3) is 0 Å². The molecule has 0 aliphatic rings. The molecular formula is C12H12N4O3S. The van der Waals surface area contributed by atoms with Crippen molar-refractivity contribution in [2.24, 2.45) is 7.05 Å². The van der Waals surface area contributed by atoms with Gasteiger partial charge in [-0.25, -0.2) is 0 Å². The molecule has 0 saturated heterocycles. The summed E-state index contributed by atoms with van der Waals surface area (Å²) >= 11 is 1.15. The Morgan fingerprint density at radius 2 is 2.10 bits per heavy atom. The van der Waals surface area contributed by atoms with Crippen LogP contribution in [0.4, 0.5) is 5.69 Å². The molecule has 0 fully saturated rings. The molecular weight excluding hydrogens is 280 g/mol. The van der Waals surface area contributed by atoms with Gasteiger partial charge in [0.1, 0.15) is 5.82 Å². The minimum absolute atomic E-state index is 0.108. The highest BCUT2D eigenvalue weighted by Crippen LogP contribution is 2.34. The van der Waals surface area contributed by atoms with E-state index in [9.17, 15) is 14.9 Å². The zero-order valence-corrected chi connectivity index (χ0v) is 12.0. The third-order valence-corrected chi connectivity index (χ3v) is 3.92. The highest BCUT2D eigenvalue weighted by molar-refractivity contribution is 7.99. The van der Waals surface area contributed by atoms with E-state index in [1.54, 1.807) is 30.7 Å². The third kappa shape index (κ3) is 2.69. The Labute approximate surface area is 119 Å². The maximum Gasteiger partial charge on any atom is 0.284 e. The van der Waals surface area contributed by atoms with Crippen molar-refractivity contribution in [1.29, 1.82) is 0 Å². The molecule has 0 amide bonds. The summed E-state index contributed by atoms with van der Waals surface area (Å²) < 4.78 is 1.74. The van der Waals surface area contributed by atoms with E-state index in [0.717, 1.165) is 17.6 Å². The van der Waals surface area contributed by atoms with Gasteiger partial charge in [0.05, 0.1) is 9.82 Å². The Morgan fingerprint density at radius 3 is 2.60 bits per heavy atom. The quantitative estimate of drug-likeness (QED) is 0.488. The average molecular weight is 292 g/mol. The lowest BCUT2D eigenvalue weighted by molar-refractivity contribution is -0.387. The summed E-state index contributed by atoms with van der Waals surface area (Å²) in [5.41, 5.74) is 0.207. The number of nitro groups is 1. The predicted octanol–water partition coefficient (Wildman–Crippen LogP) is 2.39. The predicted molar refractivity (Wildman–Crippen MR) is 73.0 cm³/mol. The summed E-state index contributed by atoms with van der Waals surface area (Å²) in [4.78, 5) is 22.3. The lowest BCUT2D eigenvalue weighted by Crippen LogP contribution is -1.98. The van der Waals surface area contributed by atoms with E-state index in [1.165, 1.54) is 13.0 Å². The Hall–Kier alpha value is -2.22. The summed E-state index contributed by atoms with van der Waals surface area (Å²) in [6.45, 7) is 3.17. The number of benzene rings is 1. The van der Waals surface area contributed by atoms with Gasteiger partial charge in [-0.15, -0.1) is 10.2 Å². The van der Waals surface area contributed by atoms with Gasteiger partial charge in [-0.05, 0) is 37.7 Å². The second-order valence-corrected chi connectivity index (χ2v) is 5.20. The summed E-state index contributed by atoms with van der Waals surface area (Å²) in [5.74, 6) is 0.509. The number of hydrogen-bond acceptors (Lipinski definition) is 6. The Bertz CT molecular complexity index is 696. The maximum atomic E-state index is 11.3. The normalized spacial score (nSPS) is 10.6. The molecule has 20 heavy (non-hydrogen) atoms. The highest BCUT2D eigenvalue weighted by Gasteiger charge is 2.19. The Balaban J connectivity index is 2.43. The van der Waals surface area contributed by atoms with Gasteiger partial charge < -0.3 is 4.57 Å². The van der Waals surface area contributed by atoms with E-state index in [2.05, 4.69) is 10.2 Å². The van der Waals surface area contributed by atoms with Crippen molar-refractivity contribution in [3.8, 4) is 0 Å². The number of aromatic nitrogens is 3. The highest BCUT2D eigenvalue weighted by atomic mass is 32.2. The maximum absolute atomic E-state index is 11.3. The van der Waals surface area contributed by atoms with E-state index in [1.807, 2.05) is 0 Å². The number of ketones is 1. The smallest absolute Gasteiger partial charge is 0.284 e. The SMILES string of the molecule is CC(=O)c1ccc(Sc2nnc(C)n2C)c([N+](=O)[O-])c1. The van der Waals surface area contributed by atoms with Crippen LogP contribution in [0.1, 0.15) is 23.1 Å². The van der Waals surface area contributed by atoms with Crippen molar-refractivity contribution >= 4 is 23.2 Å². The standard InChI is InChI=1S/C12H12N4O3S/c1-7(17)9-4-5-11(10(6-9)16(18)19)20-12-14-13-8(2)15(12)3/h4-6H,1-3H3. The van der Waals surface area contributed by atoms with Crippen LogP contribution in [0.15, 0.2) is 28.3 Å². The summed E-state index contributed by atoms with van der Waals surface area (Å²) in [6.07, 6.45) is 0. The van der Waals surface area contributed by atoms with Crippen LogP contribution in [-0.2, 0) is 7.05 Å². The van der Waals surface area contributed by atoms with Crippen molar-refractivity contribution < 1.29 is 9.72 Å². The number of nitrogens with zero attached hydrogens (tertiary/aromatic N) is 4. The van der Waals surface area contributed by atoms with Gasteiger partial charge in [0.2, 0.25) is 0 Å². The summed E-state index contributed by atoms with van der Waals surface area (Å²) in [7, 11) is 1.79. The number of Topliss-reactive ketones (excluding diaryl/α,β-unsaturated/α-hetero) is 1. The van der Waals surface area contributed by atoms with Crippen molar-refractivity contribution in [3.05, 3.63) is 39.7 Å². The zero-order chi connectivity index (χ0) is 14.9. The number of hydrogen-bond donors (Lipinski definition) is 0. The molecule has 0 radical (unpaired) electrons. The van der Waals surface area contributed by atoms with Gasteiger partial charge in [0.25, 0.3) is 5.69 Å². The van der Waals surface area contributed by atoms with Crippen molar-refractivity contribution in [2.75, 3.05) is 0 Å². The molecule has 8 heteroatoms. The number of aryl methyl sites for hydroxylation is 1. The minimum Gasteiger partial charge on any atom is -0.309 e. The zero-order valence-electron chi connectivity index (χ0n) is 11.2. The lowest BCUT2D eigenvalue weighted by Gasteiger charge is -2.04. The fourth-order valence-corrected chi connectivity index (χ4v) is 2.46. The Morgan fingerprint density at radius 1 is 1.40 bits per heavy atom. The number of nitro benzene ring substituents is 1. The van der Waals surface area contributed by atoms with Gasteiger partial charge in [0.15, 0.2) is 10.9 Å². The monoisotopic (exact) mass is 292 g/mol. The van der Waals surface area contributed by atoms with Crippen LogP contribution in [-0.4, -0.2) is 25.5 Å². The average Bonchev–Trinajstić information content (AvgIpc) is 2.70. The molecule has 0 atom stereocenters. The first-order valence-corrected chi connectivity index (χ1v) is 6.55. The molecule has 0 N–H and O–H groups in total. The first-order valence-electron chi connectivity index (χ1n) is 5.73. The fourth-order valence-electron chi connectivity index (χ4n) is 1.54. The van der Waals surface area contributed by atoms with Crippen LogP contribution in [0.3, 0.4) is 0 Å². The number of carbonyl (C=O) groups is 1. The second kappa shape index (κ2) is 5.41. The third-order valence-electron chi connectivity index (χ3n) is 2.82. The molecule has 1 aromatic carbocycles. The van der Waals surface area contributed by atoms with E-state index in [-0.39, 0.29) is 11.5 Å². The van der Waals surface area contributed by atoms with Gasteiger partial charge in [-0.1, -0.05) is 0 Å². The van der Waals surface area contributed by atoms with Crippen LogP contribution in [0.5, 0.6) is 0 Å². The van der Waals surface area contributed by atoms with Gasteiger partial charge >= 0.3 is 0 Å². The molecule has 2 rings (SSSR count). The molecule has 0 bridgehead atoms. The van der Waals surface area contributed by atoms with Crippen LogP contribution < -0.4 is 0 Å². The molecule has 7 nitrogen and oxygen atoms in total. The van der Waals surface area contributed by atoms with Gasteiger partial charge in [-0.3, -0.25) is 14.9 Å². The number of carbonyl (C=O) groups excluding carboxylic acids is 1. The molecule has 0 aliphatic carbocycles. The Kier molecular flexibility index (Phi) is 3.84. The van der Waals surface area contributed by atoms with E-state index >= 15 is 0 Å². The first-order chi connectivity index (χ1) is 9.40. The summed E-state index contributed by atoms with van der Waals surface area (Å²) in [6, 6.07) is 4.42. The summed E-state index contributed by atoms with van der Waals surface area (Å²) in [5, 5.41) is 19.5. The number of rotatable bonds is 4. The molecule has 0 saturated carbocycles. The topological polar surface area (TPSA) is 90.9 Å². The van der Waals surface area contributed by atoms with E-state index in [4.69, 9.17) is 0 Å². The van der Waals surface area contributed by atoms with Crippen molar-refractivity contribution in [2.45, 2.75) is 23.9 Å². The van der Waals surface area contributed by atoms with E-state index < -0.39 is 4.92 Å². The van der Waals surface area contributed by atoms with E-state index in [0.29, 0.717) is 15.6 Å². The first kappa shape index (κ1) is 14.2. The lowest BCUT2D eigenvalue weighted by atomic mass is 10.1. The molecule has 0 unspecified atom stereocenters. The molecule has 1 aromatic heterocycles. The van der Waals surface area contributed by atoms with Crippen molar-refractivity contribution in [3.63, 3.8) is 0 Å². The minimum atomic E-state index is -0.502. The van der Waals surface area contributed by atoms with Crippen LogP contribution in [0.2, 0.25) is 0 Å².